The molecule has 2 N–H and O–H groups in total. The third kappa shape index (κ3) is 6.11. The summed E-state index contributed by atoms with van der Waals surface area (Å²) in [6.45, 7) is 2.08. The van der Waals surface area contributed by atoms with Gasteiger partial charge in [-0.2, -0.15) is 0 Å². The zero-order valence-electron chi connectivity index (χ0n) is 8.69. The van der Waals surface area contributed by atoms with E-state index >= 15 is 0 Å². The Morgan fingerprint density at radius 1 is 1.60 bits per heavy atom. The van der Waals surface area contributed by atoms with Gasteiger partial charge in [0.25, 0.3) is 0 Å². The molecule has 86 valence electrons. The van der Waals surface area contributed by atoms with E-state index in [0.29, 0.717) is 13.2 Å². The van der Waals surface area contributed by atoms with Crippen LogP contribution >= 0.6 is 22.6 Å². The van der Waals surface area contributed by atoms with Crippen molar-refractivity contribution >= 4 is 28.8 Å². The molecule has 4 nitrogen and oxygen atoms in total. The Kier molecular flexibility index (Phi) is 6.95. The predicted molar refractivity (Wildman–Crippen MR) is 69.2 cm³/mol. The number of rotatable bonds is 5. The first-order chi connectivity index (χ1) is 7.33. The first kappa shape index (κ1) is 12.9. The third-order valence-corrected chi connectivity index (χ3v) is 2.67. The largest absolute Gasteiger partial charge is 0.404 e. The van der Waals surface area contributed by atoms with Crippen LogP contribution in [0.5, 0.6) is 0 Å². The van der Waals surface area contributed by atoms with Crippen molar-refractivity contribution in [3.8, 4) is 0 Å². The minimum atomic E-state index is -0.0157. The van der Waals surface area contributed by atoms with Crippen molar-refractivity contribution in [2.75, 3.05) is 19.8 Å². The van der Waals surface area contributed by atoms with Crippen LogP contribution in [0.25, 0.3) is 0 Å². The Labute approximate surface area is 104 Å². The summed E-state index contributed by atoms with van der Waals surface area (Å²) in [4.78, 5) is 4.17. The summed E-state index contributed by atoms with van der Waals surface area (Å²) >= 11 is 2.12. The number of aliphatic imine (C=N–C) groups is 1. The Balaban J connectivity index is 2.03. The first-order valence-electron chi connectivity index (χ1n) is 5.13. The topological polar surface area (TPSA) is 56.8 Å². The molecule has 15 heavy (non-hydrogen) atoms. The maximum Gasteiger partial charge on any atom is 0.157 e. The summed E-state index contributed by atoms with van der Waals surface area (Å²) in [7, 11) is 0. The molecule has 1 saturated heterocycles. The highest BCUT2D eigenvalue weighted by molar-refractivity contribution is 14.1. The SMILES string of the molecule is NC=C(I)C=NCCOC1CCCCO1. The molecule has 1 heterocycles. The van der Waals surface area contributed by atoms with Crippen molar-refractivity contribution in [3.63, 3.8) is 0 Å². The molecule has 1 aliphatic rings. The number of hydrogen-bond donors (Lipinski definition) is 1. The lowest BCUT2D eigenvalue weighted by Gasteiger charge is -2.22. The quantitative estimate of drug-likeness (QED) is 0.477. The lowest BCUT2D eigenvalue weighted by molar-refractivity contribution is -0.160. The summed E-state index contributed by atoms with van der Waals surface area (Å²) in [5, 5.41) is 0. The van der Waals surface area contributed by atoms with Crippen LogP contribution in [-0.4, -0.2) is 32.3 Å². The van der Waals surface area contributed by atoms with Crippen LogP contribution in [0.1, 0.15) is 19.3 Å². The van der Waals surface area contributed by atoms with E-state index in [1.165, 1.54) is 12.6 Å². The molecule has 5 heteroatoms. The molecular weight excluding hydrogens is 307 g/mol. The number of ether oxygens (including phenoxy) is 2. The highest BCUT2D eigenvalue weighted by Gasteiger charge is 2.12. The number of nitrogens with two attached hydrogens (primary N) is 1. The van der Waals surface area contributed by atoms with Crippen molar-refractivity contribution in [2.24, 2.45) is 10.7 Å². The van der Waals surface area contributed by atoms with E-state index < -0.39 is 0 Å². The van der Waals surface area contributed by atoms with Crippen molar-refractivity contribution in [1.29, 1.82) is 0 Å². The Morgan fingerprint density at radius 2 is 2.47 bits per heavy atom. The normalized spacial score (nSPS) is 23.5. The van der Waals surface area contributed by atoms with Gasteiger partial charge in [-0.15, -0.1) is 0 Å². The molecular formula is C10H17IN2O2. The van der Waals surface area contributed by atoms with Gasteiger partial charge in [-0.25, -0.2) is 0 Å². The van der Waals surface area contributed by atoms with Crippen LogP contribution in [0.2, 0.25) is 0 Å². The van der Waals surface area contributed by atoms with Gasteiger partial charge < -0.3 is 15.2 Å². The predicted octanol–water partition coefficient (Wildman–Crippen LogP) is 1.84. The fraction of sp³-hybridized carbons (Fsp3) is 0.700. The molecule has 1 rings (SSSR count). The number of halogens is 1. The van der Waals surface area contributed by atoms with Crippen molar-refractivity contribution in [1.82, 2.24) is 0 Å². The van der Waals surface area contributed by atoms with E-state index in [4.69, 9.17) is 15.2 Å². The minimum Gasteiger partial charge on any atom is -0.404 e. The number of hydrogen-bond acceptors (Lipinski definition) is 4. The van der Waals surface area contributed by atoms with Gasteiger partial charge in [0.1, 0.15) is 0 Å². The Hall–Kier alpha value is -0.140. The number of allylic oxidation sites excluding steroid dienone is 1. The van der Waals surface area contributed by atoms with E-state index in [1.54, 1.807) is 6.21 Å². The fourth-order valence-corrected chi connectivity index (χ4v) is 1.47. The molecule has 1 aliphatic heterocycles. The molecule has 0 radical (unpaired) electrons. The average molecular weight is 324 g/mol. The van der Waals surface area contributed by atoms with Crippen LogP contribution in [0.4, 0.5) is 0 Å². The molecule has 1 unspecified atom stereocenters. The zero-order valence-corrected chi connectivity index (χ0v) is 10.9. The van der Waals surface area contributed by atoms with Crippen LogP contribution in [0, 0.1) is 0 Å². The maximum absolute atomic E-state index is 5.51. The van der Waals surface area contributed by atoms with Crippen molar-refractivity contribution < 1.29 is 9.47 Å². The van der Waals surface area contributed by atoms with Gasteiger partial charge in [-0.3, -0.25) is 4.99 Å². The summed E-state index contributed by atoms with van der Waals surface area (Å²) in [6.07, 6.45) is 6.60. The maximum atomic E-state index is 5.51. The van der Waals surface area contributed by atoms with E-state index in [9.17, 15) is 0 Å². The molecule has 0 aromatic carbocycles. The van der Waals surface area contributed by atoms with Gasteiger partial charge in [0, 0.05) is 22.6 Å². The van der Waals surface area contributed by atoms with Crippen LogP contribution in [0.3, 0.4) is 0 Å². The van der Waals surface area contributed by atoms with Crippen molar-refractivity contribution in [3.05, 3.63) is 9.78 Å². The van der Waals surface area contributed by atoms with Crippen LogP contribution in [0.15, 0.2) is 14.8 Å². The third-order valence-electron chi connectivity index (χ3n) is 2.04. The monoisotopic (exact) mass is 324 g/mol. The molecule has 0 aromatic heterocycles. The molecule has 0 aliphatic carbocycles. The van der Waals surface area contributed by atoms with E-state index in [1.807, 2.05) is 0 Å². The first-order valence-corrected chi connectivity index (χ1v) is 6.21. The van der Waals surface area contributed by atoms with Crippen molar-refractivity contribution in [2.45, 2.75) is 25.6 Å². The Morgan fingerprint density at radius 3 is 3.13 bits per heavy atom. The van der Waals surface area contributed by atoms with Crippen LogP contribution in [-0.2, 0) is 9.47 Å². The van der Waals surface area contributed by atoms with E-state index in [2.05, 4.69) is 27.6 Å². The highest BCUT2D eigenvalue weighted by atomic mass is 127. The summed E-state index contributed by atoms with van der Waals surface area (Å²) in [5.74, 6) is 0. The smallest absolute Gasteiger partial charge is 0.157 e. The molecule has 1 fully saturated rings. The van der Waals surface area contributed by atoms with Gasteiger partial charge >= 0.3 is 0 Å². The van der Waals surface area contributed by atoms with Crippen LogP contribution < -0.4 is 5.73 Å². The van der Waals surface area contributed by atoms with Gasteiger partial charge in [0.15, 0.2) is 6.29 Å². The highest BCUT2D eigenvalue weighted by Crippen LogP contribution is 2.13. The second kappa shape index (κ2) is 8.06. The summed E-state index contributed by atoms with van der Waals surface area (Å²) in [6, 6.07) is 0. The van der Waals surface area contributed by atoms with E-state index in [0.717, 1.165) is 23.0 Å². The average Bonchev–Trinajstić information content (AvgIpc) is 2.29. The molecule has 0 aromatic rings. The zero-order chi connectivity index (χ0) is 10.9. The molecule has 0 saturated carbocycles. The lowest BCUT2D eigenvalue weighted by atomic mass is 10.2. The summed E-state index contributed by atoms with van der Waals surface area (Å²) < 4.78 is 11.9. The lowest BCUT2D eigenvalue weighted by Crippen LogP contribution is -2.23. The standard InChI is InChI=1S/C10H17IN2O2/c11-9(7-12)8-13-4-6-15-10-3-1-2-5-14-10/h7-8,10H,1-6,12H2. The summed E-state index contributed by atoms with van der Waals surface area (Å²) in [5.41, 5.74) is 5.29. The molecule has 1 atom stereocenters. The van der Waals surface area contributed by atoms with Gasteiger partial charge in [0.2, 0.25) is 0 Å². The van der Waals surface area contributed by atoms with Gasteiger partial charge in [-0.1, -0.05) is 0 Å². The fourth-order valence-electron chi connectivity index (χ4n) is 1.27. The Bertz CT molecular complexity index is 225. The van der Waals surface area contributed by atoms with Gasteiger partial charge in [0.05, 0.1) is 13.2 Å². The number of nitrogens with zero attached hydrogens (tertiary/aromatic N) is 1. The minimum absolute atomic E-state index is 0.0157. The molecule has 0 spiro atoms. The second-order valence-corrected chi connectivity index (χ2v) is 4.50. The second-order valence-electron chi connectivity index (χ2n) is 3.25. The van der Waals surface area contributed by atoms with Gasteiger partial charge in [-0.05, 0) is 41.9 Å². The molecule has 0 bridgehead atoms. The van der Waals surface area contributed by atoms with E-state index in [-0.39, 0.29) is 6.29 Å². The molecule has 0 amide bonds.